The van der Waals surface area contributed by atoms with Gasteiger partial charge < -0.3 is 10.1 Å². The maximum Gasteiger partial charge on any atom is 0.261 e. The SMILES string of the molecule is Fc1ccc(Cl)c(CNCCOCC(F)F)c1. The van der Waals surface area contributed by atoms with Crippen LogP contribution in [-0.2, 0) is 11.3 Å². The number of benzene rings is 1. The Hall–Kier alpha value is -0.780. The summed E-state index contributed by atoms with van der Waals surface area (Å²) in [6.07, 6.45) is -2.45. The fourth-order valence-electron chi connectivity index (χ4n) is 1.22. The number of hydrogen-bond donors (Lipinski definition) is 1. The summed E-state index contributed by atoms with van der Waals surface area (Å²) >= 11 is 5.84. The van der Waals surface area contributed by atoms with Gasteiger partial charge in [0.15, 0.2) is 0 Å². The van der Waals surface area contributed by atoms with Crippen LogP contribution in [0.25, 0.3) is 0 Å². The topological polar surface area (TPSA) is 21.3 Å². The van der Waals surface area contributed by atoms with Crippen molar-refractivity contribution in [2.45, 2.75) is 13.0 Å². The average molecular weight is 268 g/mol. The van der Waals surface area contributed by atoms with Crippen LogP contribution in [-0.4, -0.2) is 26.2 Å². The molecule has 0 saturated carbocycles. The summed E-state index contributed by atoms with van der Waals surface area (Å²) in [4.78, 5) is 0. The third-order valence-corrected chi connectivity index (χ3v) is 2.36. The van der Waals surface area contributed by atoms with E-state index in [1.165, 1.54) is 18.2 Å². The first kappa shape index (κ1) is 14.3. The van der Waals surface area contributed by atoms with Crippen molar-refractivity contribution in [3.63, 3.8) is 0 Å². The molecule has 0 spiro atoms. The van der Waals surface area contributed by atoms with Gasteiger partial charge in [0.05, 0.1) is 6.61 Å². The Morgan fingerprint density at radius 3 is 2.82 bits per heavy atom. The summed E-state index contributed by atoms with van der Waals surface area (Å²) in [5, 5.41) is 3.39. The van der Waals surface area contributed by atoms with Gasteiger partial charge >= 0.3 is 0 Å². The lowest BCUT2D eigenvalue weighted by atomic mass is 10.2. The molecule has 0 bridgehead atoms. The summed E-state index contributed by atoms with van der Waals surface area (Å²) in [6.45, 7) is 0.383. The molecule has 0 saturated heterocycles. The molecule has 17 heavy (non-hydrogen) atoms. The predicted octanol–water partition coefficient (Wildman–Crippen LogP) is 2.85. The minimum atomic E-state index is -2.45. The van der Waals surface area contributed by atoms with Crippen LogP contribution in [0.4, 0.5) is 13.2 Å². The van der Waals surface area contributed by atoms with E-state index in [0.717, 1.165) is 0 Å². The largest absolute Gasteiger partial charge is 0.374 e. The molecule has 1 rings (SSSR count). The number of ether oxygens (including phenoxy) is 1. The zero-order chi connectivity index (χ0) is 12.7. The van der Waals surface area contributed by atoms with Gasteiger partial charge in [-0.25, -0.2) is 13.2 Å². The monoisotopic (exact) mass is 267 g/mol. The van der Waals surface area contributed by atoms with Crippen molar-refractivity contribution < 1.29 is 17.9 Å². The highest BCUT2D eigenvalue weighted by atomic mass is 35.5. The van der Waals surface area contributed by atoms with E-state index in [9.17, 15) is 13.2 Å². The van der Waals surface area contributed by atoms with Gasteiger partial charge in [-0.3, -0.25) is 0 Å². The van der Waals surface area contributed by atoms with E-state index >= 15 is 0 Å². The summed E-state index contributed by atoms with van der Waals surface area (Å²) in [7, 11) is 0. The van der Waals surface area contributed by atoms with Crippen LogP contribution in [0.15, 0.2) is 18.2 Å². The molecule has 6 heteroatoms. The first-order valence-corrected chi connectivity index (χ1v) is 5.48. The molecule has 0 aliphatic carbocycles. The van der Waals surface area contributed by atoms with Gasteiger partial charge in [-0.15, -0.1) is 0 Å². The second-order valence-corrected chi connectivity index (χ2v) is 3.79. The Morgan fingerprint density at radius 1 is 1.35 bits per heavy atom. The molecule has 0 heterocycles. The molecular formula is C11H13ClF3NO. The second-order valence-electron chi connectivity index (χ2n) is 3.38. The summed E-state index contributed by atoms with van der Waals surface area (Å²) in [5.41, 5.74) is 0.625. The molecule has 1 aromatic rings. The first-order valence-electron chi connectivity index (χ1n) is 5.10. The average Bonchev–Trinajstić information content (AvgIpc) is 2.27. The van der Waals surface area contributed by atoms with Gasteiger partial charge in [0, 0.05) is 18.1 Å². The molecule has 1 aromatic carbocycles. The van der Waals surface area contributed by atoms with Crippen LogP contribution in [0.3, 0.4) is 0 Å². The molecule has 0 atom stereocenters. The lowest BCUT2D eigenvalue weighted by Crippen LogP contribution is -2.20. The van der Waals surface area contributed by atoms with E-state index in [2.05, 4.69) is 10.1 Å². The Kier molecular flexibility index (Phi) is 6.32. The zero-order valence-corrected chi connectivity index (χ0v) is 9.81. The minimum absolute atomic E-state index is 0.178. The molecule has 96 valence electrons. The van der Waals surface area contributed by atoms with Crippen LogP contribution in [0.2, 0.25) is 5.02 Å². The molecule has 0 amide bonds. The second kappa shape index (κ2) is 7.53. The van der Waals surface area contributed by atoms with Gasteiger partial charge in [-0.05, 0) is 23.8 Å². The lowest BCUT2D eigenvalue weighted by molar-refractivity contribution is 0.0187. The Bertz CT molecular complexity index is 349. The quantitative estimate of drug-likeness (QED) is 0.767. The van der Waals surface area contributed by atoms with Crippen LogP contribution >= 0.6 is 11.6 Å². The van der Waals surface area contributed by atoms with E-state index in [0.29, 0.717) is 23.7 Å². The molecule has 2 nitrogen and oxygen atoms in total. The summed E-state index contributed by atoms with van der Waals surface area (Å²) in [5.74, 6) is -0.361. The minimum Gasteiger partial charge on any atom is -0.374 e. The normalized spacial score (nSPS) is 11.1. The maximum absolute atomic E-state index is 12.9. The highest BCUT2D eigenvalue weighted by molar-refractivity contribution is 6.31. The number of alkyl halides is 2. The fourth-order valence-corrected chi connectivity index (χ4v) is 1.40. The van der Waals surface area contributed by atoms with Crippen molar-refractivity contribution in [3.8, 4) is 0 Å². The molecule has 0 fully saturated rings. The van der Waals surface area contributed by atoms with Crippen molar-refractivity contribution in [1.29, 1.82) is 0 Å². The maximum atomic E-state index is 12.9. The first-order chi connectivity index (χ1) is 8.09. The number of halogens is 4. The van der Waals surface area contributed by atoms with Gasteiger partial charge in [0.1, 0.15) is 12.4 Å². The lowest BCUT2D eigenvalue weighted by Gasteiger charge is -2.07. The molecular weight excluding hydrogens is 255 g/mol. The summed E-state index contributed by atoms with van der Waals surface area (Å²) < 4.78 is 40.9. The third kappa shape index (κ3) is 5.91. The standard InChI is InChI=1S/C11H13ClF3NO/c12-10-2-1-9(13)5-8(10)6-16-3-4-17-7-11(14)15/h1-2,5,11,16H,3-4,6-7H2. The van der Waals surface area contributed by atoms with Crippen molar-refractivity contribution >= 4 is 11.6 Å². The van der Waals surface area contributed by atoms with Gasteiger partial charge in [0.25, 0.3) is 6.43 Å². The van der Waals surface area contributed by atoms with Crippen molar-refractivity contribution in [2.24, 2.45) is 0 Å². The smallest absolute Gasteiger partial charge is 0.261 e. The molecule has 0 radical (unpaired) electrons. The van der Waals surface area contributed by atoms with Crippen molar-refractivity contribution in [1.82, 2.24) is 5.32 Å². The van der Waals surface area contributed by atoms with E-state index in [-0.39, 0.29) is 12.4 Å². The predicted molar refractivity (Wildman–Crippen MR) is 59.9 cm³/mol. The molecule has 1 N–H and O–H groups in total. The molecule has 0 aliphatic heterocycles. The van der Waals surface area contributed by atoms with Gasteiger partial charge in [-0.1, -0.05) is 11.6 Å². The van der Waals surface area contributed by atoms with E-state index < -0.39 is 13.0 Å². The Balaban J connectivity index is 2.20. The van der Waals surface area contributed by atoms with Crippen molar-refractivity contribution in [2.75, 3.05) is 19.8 Å². The zero-order valence-electron chi connectivity index (χ0n) is 9.06. The summed E-state index contributed by atoms with van der Waals surface area (Å²) in [6, 6.07) is 4.08. The highest BCUT2D eigenvalue weighted by Crippen LogP contribution is 2.16. The van der Waals surface area contributed by atoms with Crippen LogP contribution in [0.1, 0.15) is 5.56 Å². The number of nitrogens with one attached hydrogen (secondary N) is 1. The Morgan fingerprint density at radius 2 is 2.12 bits per heavy atom. The number of hydrogen-bond acceptors (Lipinski definition) is 2. The third-order valence-electron chi connectivity index (χ3n) is 1.99. The fraction of sp³-hybridized carbons (Fsp3) is 0.455. The Labute approximate surface area is 103 Å². The van der Waals surface area contributed by atoms with Gasteiger partial charge in [-0.2, -0.15) is 0 Å². The van der Waals surface area contributed by atoms with Gasteiger partial charge in [0.2, 0.25) is 0 Å². The van der Waals surface area contributed by atoms with Crippen molar-refractivity contribution in [3.05, 3.63) is 34.6 Å². The van der Waals surface area contributed by atoms with Crippen LogP contribution in [0, 0.1) is 5.82 Å². The van der Waals surface area contributed by atoms with E-state index in [1.807, 2.05) is 0 Å². The van der Waals surface area contributed by atoms with E-state index in [1.54, 1.807) is 0 Å². The highest BCUT2D eigenvalue weighted by Gasteiger charge is 2.03. The molecule has 0 aromatic heterocycles. The molecule has 0 aliphatic rings. The van der Waals surface area contributed by atoms with Crippen LogP contribution < -0.4 is 5.32 Å². The van der Waals surface area contributed by atoms with E-state index in [4.69, 9.17) is 11.6 Å². The van der Waals surface area contributed by atoms with Crippen LogP contribution in [0.5, 0.6) is 0 Å². The molecule has 0 unspecified atom stereocenters. The number of rotatable bonds is 7.